The average Bonchev–Trinajstić information content (AvgIpc) is 2.28. The van der Waals surface area contributed by atoms with E-state index in [-0.39, 0.29) is 17.8 Å². The molecule has 1 amide bonds. The van der Waals surface area contributed by atoms with Crippen LogP contribution >= 0.6 is 0 Å². The van der Waals surface area contributed by atoms with Crippen molar-refractivity contribution < 1.29 is 9.18 Å². The lowest BCUT2D eigenvalue weighted by Crippen LogP contribution is -2.40. The molecule has 0 aromatic heterocycles. The molecule has 0 saturated carbocycles. The van der Waals surface area contributed by atoms with Gasteiger partial charge < -0.3 is 11.1 Å². The quantitative estimate of drug-likeness (QED) is 0.841. The third-order valence-corrected chi connectivity index (χ3v) is 2.79. The second-order valence-corrected chi connectivity index (χ2v) is 4.58. The van der Waals surface area contributed by atoms with Gasteiger partial charge in [0.25, 0.3) is 5.91 Å². The summed E-state index contributed by atoms with van der Waals surface area (Å²) in [6.45, 7) is 6.03. The molecule has 0 heterocycles. The Labute approximate surface area is 101 Å². The molecule has 0 aliphatic rings. The van der Waals surface area contributed by atoms with Gasteiger partial charge in [-0.15, -0.1) is 0 Å². The van der Waals surface area contributed by atoms with E-state index >= 15 is 0 Å². The predicted octanol–water partition coefficient (Wildman–Crippen LogP) is 1.85. The number of nitrogens with two attached hydrogens (primary N) is 1. The maximum atomic E-state index is 13.3. The third-order valence-electron chi connectivity index (χ3n) is 2.79. The van der Waals surface area contributed by atoms with Gasteiger partial charge in [-0.05, 0) is 30.5 Å². The van der Waals surface area contributed by atoms with Crippen LogP contribution in [0.3, 0.4) is 0 Å². The molecule has 0 aliphatic carbocycles. The van der Waals surface area contributed by atoms with Crippen molar-refractivity contribution in [2.75, 3.05) is 6.54 Å². The summed E-state index contributed by atoms with van der Waals surface area (Å²) in [5.74, 6) is -0.365. The van der Waals surface area contributed by atoms with E-state index in [1.165, 1.54) is 6.07 Å². The standard InChI is InChI=1S/C13H19FN2O/c1-8(2)12(15)7-16-13(17)10-5-4-9(3)11(14)6-10/h4-6,8,12H,7,15H2,1-3H3,(H,16,17). The summed E-state index contributed by atoms with van der Waals surface area (Å²) in [5, 5.41) is 2.70. The fourth-order valence-electron chi connectivity index (χ4n) is 1.28. The number of carbonyl (C=O) groups is 1. The van der Waals surface area contributed by atoms with Crippen LogP contribution in [0.5, 0.6) is 0 Å². The molecule has 4 heteroatoms. The Hall–Kier alpha value is -1.42. The van der Waals surface area contributed by atoms with Crippen molar-refractivity contribution >= 4 is 5.91 Å². The minimum absolute atomic E-state index is 0.0887. The van der Waals surface area contributed by atoms with Crippen molar-refractivity contribution in [3.63, 3.8) is 0 Å². The van der Waals surface area contributed by atoms with Gasteiger partial charge in [-0.3, -0.25) is 4.79 Å². The number of carbonyl (C=O) groups excluding carboxylic acids is 1. The van der Waals surface area contributed by atoms with Gasteiger partial charge in [0.1, 0.15) is 5.82 Å². The summed E-state index contributed by atoms with van der Waals surface area (Å²) in [7, 11) is 0. The molecule has 0 saturated heterocycles. The minimum Gasteiger partial charge on any atom is -0.350 e. The van der Waals surface area contributed by atoms with Gasteiger partial charge in [0.15, 0.2) is 0 Å². The topological polar surface area (TPSA) is 55.1 Å². The van der Waals surface area contributed by atoms with E-state index in [0.29, 0.717) is 23.6 Å². The van der Waals surface area contributed by atoms with E-state index in [2.05, 4.69) is 5.32 Å². The molecule has 17 heavy (non-hydrogen) atoms. The normalized spacial score (nSPS) is 12.6. The van der Waals surface area contributed by atoms with Crippen LogP contribution in [0.4, 0.5) is 4.39 Å². The van der Waals surface area contributed by atoms with Crippen molar-refractivity contribution in [1.82, 2.24) is 5.32 Å². The largest absolute Gasteiger partial charge is 0.350 e. The Morgan fingerprint density at radius 2 is 2.12 bits per heavy atom. The van der Waals surface area contributed by atoms with Crippen LogP contribution in [-0.2, 0) is 0 Å². The molecule has 1 atom stereocenters. The molecule has 0 bridgehead atoms. The molecule has 0 radical (unpaired) electrons. The van der Waals surface area contributed by atoms with Crippen LogP contribution in [0.1, 0.15) is 29.8 Å². The average molecular weight is 238 g/mol. The van der Waals surface area contributed by atoms with Gasteiger partial charge in [-0.2, -0.15) is 0 Å². The summed E-state index contributed by atoms with van der Waals surface area (Å²) in [5.41, 5.74) is 6.66. The zero-order valence-electron chi connectivity index (χ0n) is 10.5. The first-order valence-electron chi connectivity index (χ1n) is 5.71. The van der Waals surface area contributed by atoms with E-state index in [9.17, 15) is 9.18 Å². The molecule has 3 nitrogen and oxygen atoms in total. The Balaban J connectivity index is 2.61. The van der Waals surface area contributed by atoms with E-state index in [4.69, 9.17) is 5.73 Å². The molecule has 1 aromatic carbocycles. The molecule has 94 valence electrons. The number of nitrogens with one attached hydrogen (secondary N) is 1. The molecule has 0 fully saturated rings. The lowest BCUT2D eigenvalue weighted by Gasteiger charge is -2.16. The SMILES string of the molecule is Cc1ccc(C(=O)NCC(N)C(C)C)cc1F. The lowest BCUT2D eigenvalue weighted by atomic mass is 10.1. The Morgan fingerprint density at radius 1 is 1.47 bits per heavy atom. The van der Waals surface area contributed by atoms with Gasteiger partial charge >= 0.3 is 0 Å². The summed E-state index contributed by atoms with van der Waals surface area (Å²) in [6, 6.07) is 4.35. The summed E-state index contributed by atoms with van der Waals surface area (Å²) in [6.07, 6.45) is 0. The van der Waals surface area contributed by atoms with Crippen molar-refractivity contribution in [1.29, 1.82) is 0 Å². The van der Waals surface area contributed by atoms with Crippen LogP contribution < -0.4 is 11.1 Å². The van der Waals surface area contributed by atoms with Crippen LogP contribution in [0.25, 0.3) is 0 Å². The second-order valence-electron chi connectivity index (χ2n) is 4.58. The summed E-state index contributed by atoms with van der Waals surface area (Å²) < 4.78 is 13.3. The molecule has 0 spiro atoms. The van der Waals surface area contributed by atoms with Gasteiger partial charge in [0.05, 0.1) is 0 Å². The molecule has 1 unspecified atom stereocenters. The fraction of sp³-hybridized carbons (Fsp3) is 0.462. The molecule has 3 N–H and O–H groups in total. The molecular weight excluding hydrogens is 219 g/mol. The first kappa shape index (κ1) is 13.6. The number of hydrogen-bond acceptors (Lipinski definition) is 2. The van der Waals surface area contributed by atoms with Crippen molar-refractivity contribution in [2.45, 2.75) is 26.8 Å². The Morgan fingerprint density at radius 3 is 2.65 bits per heavy atom. The maximum Gasteiger partial charge on any atom is 0.251 e. The summed E-state index contributed by atoms with van der Waals surface area (Å²) >= 11 is 0. The van der Waals surface area contributed by atoms with Gasteiger partial charge in [0.2, 0.25) is 0 Å². The van der Waals surface area contributed by atoms with Crippen LogP contribution in [0, 0.1) is 18.7 Å². The first-order valence-corrected chi connectivity index (χ1v) is 5.71. The summed E-state index contributed by atoms with van der Waals surface area (Å²) in [4.78, 5) is 11.7. The highest BCUT2D eigenvalue weighted by atomic mass is 19.1. The zero-order chi connectivity index (χ0) is 13.0. The number of hydrogen-bond donors (Lipinski definition) is 2. The Bertz CT molecular complexity index is 404. The van der Waals surface area contributed by atoms with Crippen molar-refractivity contribution in [2.24, 2.45) is 11.7 Å². The van der Waals surface area contributed by atoms with Crippen LogP contribution in [0.15, 0.2) is 18.2 Å². The van der Waals surface area contributed by atoms with E-state index in [0.717, 1.165) is 0 Å². The van der Waals surface area contributed by atoms with Crippen molar-refractivity contribution in [3.05, 3.63) is 35.1 Å². The molecule has 1 aromatic rings. The molecule has 0 aliphatic heterocycles. The zero-order valence-corrected chi connectivity index (χ0v) is 10.5. The molecule has 1 rings (SSSR count). The number of amides is 1. The highest BCUT2D eigenvalue weighted by molar-refractivity contribution is 5.94. The minimum atomic E-state index is -0.370. The third kappa shape index (κ3) is 3.82. The van der Waals surface area contributed by atoms with Gasteiger partial charge in [-0.1, -0.05) is 19.9 Å². The van der Waals surface area contributed by atoms with Gasteiger partial charge in [0, 0.05) is 18.2 Å². The number of halogens is 1. The van der Waals surface area contributed by atoms with E-state index < -0.39 is 0 Å². The van der Waals surface area contributed by atoms with Crippen LogP contribution in [-0.4, -0.2) is 18.5 Å². The highest BCUT2D eigenvalue weighted by Crippen LogP contribution is 2.09. The molecular formula is C13H19FN2O. The van der Waals surface area contributed by atoms with Crippen molar-refractivity contribution in [3.8, 4) is 0 Å². The van der Waals surface area contributed by atoms with E-state index in [1.807, 2.05) is 13.8 Å². The first-order chi connectivity index (χ1) is 7.91. The lowest BCUT2D eigenvalue weighted by molar-refractivity contribution is 0.0949. The van der Waals surface area contributed by atoms with E-state index in [1.54, 1.807) is 19.1 Å². The number of aryl methyl sites for hydroxylation is 1. The predicted molar refractivity (Wildman–Crippen MR) is 66.3 cm³/mol. The fourth-order valence-corrected chi connectivity index (χ4v) is 1.28. The second kappa shape index (κ2) is 5.77. The van der Waals surface area contributed by atoms with Crippen LogP contribution in [0.2, 0.25) is 0 Å². The number of rotatable bonds is 4. The van der Waals surface area contributed by atoms with Gasteiger partial charge in [-0.25, -0.2) is 4.39 Å². The number of benzene rings is 1. The maximum absolute atomic E-state index is 13.3. The smallest absolute Gasteiger partial charge is 0.251 e. The monoisotopic (exact) mass is 238 g/mol. The highest BCUT2D eigenvalue weighted by Gasteiger charge is 2.11. The Kier molecular flexibility index (Phi) is 4.63.